The molecule has 0 saturated carbocycles. The highest BCUT2D eigenvalue weighted by atomic mass is 32.2. The molecule has 0 bridgehead atoms. The monoisotopic (exact) mass is 381 g/mol. The largest absolute Gasteiger partial charge is 0.348 e. The van der Waals surface area contributed by atoms with Gasteiger partial charge in [0.2, 0.25) is 0 Å². The van der Waals surface area contributed by atoms with Crippen LogP contribution in [0.25, 0.3) is 0 Å². The molecule has 2 heterocycles. The van der Waals surface area contributed by atoms with Gasteiger partial charge >= 0.3 is 0 Å². The molecule has 1 atom stereocenters. The molecule has 5 nitrogen and oxygen atoms in total. The molecular weight excluding hydrogens is 358 g/mol. The maximum Gasteiger partial charge on any atom is 0.252 e. The first kappa shape index (κ1) is 18.1. The van der Waals surface area contributed by atoms with Gasteiger partial charge < -0.3 is 10.6 Å². The van der Waals surface area contributed by atoms with Gasteiger partial charge in [0.15, 0.2) is 0 Å². The molecule has 2 amide bonds. The van der Waals surface area contributed by atoms with E-state index in [2.05, 4.69) is 15.5 Å². The van der Waals surface area contributed by atoms with Crippen molar-refractivity contribution in [3.05, 3.63) is 59.2 Å². The number of fused-ring (bicyclic) bond motifs is 1. The van der Waals surface area contributed by atoms with Crippen molar-refractivity contribution in [3.63, 3.8) is 0 Å². The van der Waals surface area contributed by atoms with Crippen molar-refractivity contribution in [1.82, 2.24) is 10.2 Å². The normalized spacial score (nSPS) is 19.4. The minimum atomic E-state index is -0.166. The Morgan fingerprint density at radius 3 is 2.67 bits per heavy atom. The van der Waals surface area contributed by atoms with Crippen molar-refractivity contribution >= 4 is 29.3 Å². The predicted octanol–water partition coefficient (Wildman–Crippen LogP) is 3.39. The van der Waals surface area contributed by atoms with Gasteiger partial charge in [-0.05, 0) is 56.6 Å². The molecule has 1 unspecified atom stereocenters. The molecule has 0 radical (unpaired) electrons. The Labute approximate surface area is 163 Å². The van der Waals surface area contributed by atoms with Crippen molar-refractivity contribution in [2.75, 3.05) is 18.4 Å². The van der Waals surface area contributed by atoms with Crippen molar-refractivity contribution in [2.45, 2.75) is 36.6 Å². The number of thioether (sulfide) groups is 1. The molecule has 0 spiro atoms. The van der Waals surface area contributed by atoms with E-state index in [-0.39, 0.29) is 17.2 Å². The van der Waals surface area contributed by atoms with E-state index in [1.165, 1.54) is 5.56 Å². The number of amides is 2. The molecule has 0 aliphatic carbocycles. The van der Waals surface area contributed by atoms with Crippen molar-refractivity contribution < 1.29 is 9.59 Å². The zero-order valence-electron chi connectivity index (χ0n) is 15.3. The first-order chi connectivity index (χ1) is 13.1. The molecule has 2 aliphatic rings. The highest BCUT2D eigenvalue weighted by Crippen LogP contribution is 2.38. The van der Waals surface area contributed by atoms with Crippen LogP contribution in [0.4, 0.5) is 5.69 Å². The van der Waals surface area contributed by atoms with Gasteiger partial charge in [0.25, 0.3) is 11.8 Å². The van der Waals surface area contributed by atoms with Crippen LogP contribution in [0.2, 0.25) is 0 Å². The van der Waals surface area contributed by atoms with E-state index >= 15 is 0 Å². The summed E-state index contributed by atoms with van der Waals surface area (Å²) in [6, 6.07) is 13.6. The fourth-order valence-electron chi connectivity index (χ4n) is 3.45. The highest BCUT2D eigenvalue weighted by Gasteiger charge is 2.33. The third-order valence-corrected chi connectivity index (χ3v) is 6.35. The van der Waals surface area contributed by atoms with Gasteiger partial charge in [-0.3, -0.25) is 14.5 Å². The van der Waals surface area contributed by atoms with Crippen LogP contribution >= 0.6 is 11.8 Å². The summed E-state index contributed by atoms with van der Waals surface area (Å²) >= 11 is 1.58. The molecule has 1 saturated heterocycles. The molecule has 2 N–H and O–H groups in total. The van der Waals surface area contributed by atoms with E-state index < -0.39 is 0 Å². The summed E-state index contributed by atoms with van der Waals surface area (Å²) in [7, 11) is 0. The summed E-state index contributed by atoms with van der Waals surface area (Å²) in [5, 5.41) is 5.75. The van der Waals surface area contributed by atoms with Gasteiger partial charge in [-0.1, -0.05) is 41.6 Å². The topological polar surface area (TPSA) is 61.4 Å². The van der Waals surface area contributed by atoms with Gasteiger partial charge in [-0.25, -0.2) is 0 Å². The van der Waals surface area contributed by atoms with E-state index in [4.69, 9.17) is 0 Å². The van der Waals surface area contributed by atoms with E-state index in [0.717, 1.165) is 42.1 Å². The SMILES string of the molecule is Cc1ccc(CNC(=O)c2ccc3c(c2)NC(=O)C(N2CCCC2)S3)cc1. The smallest absolute Gasteiger partial charge is 0.252 e. The summed E-state index contributed by atoms with van der Waals surface area (Å²) in [6.45, 7) is 4.46. The third-order valence-electron chi connectivity index (χ3n) is 5.01. The predicted molar refractivity (Wildman–Crippen MR) is 108 cm³/mol. The number of carbonyl (C=O) groups is 2. The molecule has 2 aromatic carbocycles. The highest BCUT2D eigenvalue weighted by molar-refractivity contribution is 8.00. The number of hydrogen-bond donors (Lipinski definition) is 2. The minimum absolute atomic E-state index is 0.00612. The second kappa shape index (κ2) is 7.74. The summed E-state index contributed by atoms with van der Waals surface area (Å²) in [6.07, 6.45) is 2.30. The van der Waals surface area contributed by atoms with Crippen LogP contribution in [-0.4, -0.2) is 35.2 Å². The minimum Gasteiger partial charge on any atom is -0.348 e. The summed E-state index contributed by atoms with van der Waals surface area (Å²) in [5.74, 6) is -0.133. The Morgan fingerprint density at radius 2 is 1.93 bits per heavy atom. The molecule has 6 heteroatoms. The van der Waals surface area contributed by atoms with E-state index in [1.54, 1.807) is 17.8 Å². The maximum absolute atomic E-state index is 12.5. The van der Waals surface area contributed by atoms with Gasteiger partial charge in [-0.2, -0.15) is 0 Å². The van der Waals surface area contributed by atoms with Crippen molar-refractivity contribution in [2.24, 2.45) is 0 Å². The van der Waals surface area contributed by atoms with Crippen molar-refractivity contribution in [1.29, 1.82) is 0 Å². The number of carbonyl (C=O) groups excluding carboxylic acids is 2. The number of nitrogens with zero attached hydrogens (tertiary/aromatic N) is 1. The van der Waals surface area contributed by atoms with Gasteiger partial charge in [0, 0.05) is 17.0 Å². The average Bonchev–Trinajstić information content (AvgIpc) is 3.21. The van der Waals surface area contributed by atoms with Crippen LogP contribution in [0.1, 0.15) is 34.3 Å². The Morgan fingerprint density at radius 1 is 1.19 bits per heavy atom. The van der Waals surface area contributed by atoms with E-state index in [1.807, 2.05) is 43.3 Å². The Balaban J connectivity index is 1.43. The van der Waals surface area contributed by atoms with Gasteiger partial charge in [0.1, 0.15) is 5.37 Å². The fraction of sp³-hybridized carbons (Fsp3) is 0.333. The zero-order valence-corrected chi connectivity index (χ0v) is 16.1. The van der Waals surface area contributed by atoms with Crippen LogP contribution in [0, 0.1) is 6.92 Å². The van der Waals surface area contributed by atoms with E-state index in [0.29, 0.717) is 12.1 Å². The Bertz CT molecular complexity index is 860. The van der Waals surface area contributed by atoms with Crippen LogP contribution < -0.4 is 10.6 Å². The Kier molecular flexibility index (Phi) is 5.18. The average molecular weight is 382 g/mol. The zero-order chi connectivity index (χ0) is 18.8. The Hall–Kier alpha value is -2.31. The molecule has 1 fully saturated rings. The van der Waals surface area contributed by atoms with Crippen LogP contribution in [0.3, 0.4) is 0 Å². The number of hydrogen-bond acceptors (Lipinski definition) is 4. The second-order valence-corrected chi connectivity index (χ2v) is 8.20. The number of likely N-dealkylation sites (tertiary alicyclic amines) is 1. The lowest BCUT2D eigenvalue weighted by Crippen LogP contribution is -2.42. The van der Waals surface area contributed by atoms with Crippen LogP contribution in [0.5, 0.6) is 0 Å². The quantitative estimate of drug-likeness (QED) is 0.852. The molecule has 2 aliphatic heterocycles. The lowest BCUT2D eigenvalue weighted by atomic mass is 10.1. The summed E-state index contributed by atoms with van der Waals surface area (Å²) in [4.78, 5) is 28.2. The number of rotatable bonds is 4. The standard InChI is InChI=1S/C21H23N3O2S/c1-14-4-6-15(7-5-14)13-22-19(25)16-8-9-18-17(12-16)23-20(26)21(27-18)24-10-2-3-11-24/h4-9,12,21H,2-3,10-11,13H2,1H3,(H,22,25)(H,23,26). The molecule has 140 valence electrons. The van der Waals surface area contributed by atoms with Gasteiger partial charge in [0.05, 0.1) is 5.69 Å². The molecule has 27 heavy (non-hydrogen) atoms. The molecule has 0 aromatic heterocycles. The second-order valence-electron chi connectivity index (χ2n) is 7.08. The van der Waals surface area contributed by atoms with Crippen LogP contribution in [-0.2, 0) is 11.3 Å². The fourth-order valence-corrected chi connectivity index (χ4v) is 4.60. The first-order valence-electron chi connectivity index (χ1n) is 9.29. The van der Waals surface area contributed by atoms with Gasteiger partial charge in [-0.15, -0.1) is 0 Å². The molecule has 2 aromatic rings. The number of benzene rings is 2. The molecule has 4 rings (SSSR count). The number of aryl methyl sites for hydroxylation is 1. The van der Waals surface area contributed by atoms with Crippen molar-refractivity contribution in [3.8, 4) is 0 Å². The lowest BCUT2D eigenvalue weighted by molar-refractivity contribution is -0.118. The summed E-state index contributed by atoms with van der Waals surface area (Å²) in [5.41, 5.74) is 3.54. The first-order valence-corrected chi connectivity index (χ1v) is 10.2. The number of nitrogens with one attached hydrogen (secondary N) is 2. The number of anilines is 1. The third kappa shape index (κ3) is 4.01. The lowest BCUT2D eigenvalue weighted by Gasteiger charge is -2.30. The molecular formula is C21H23N3O2S. The van der Waals surface area contributed by atoms with E-state index in [9.17, 15) is 9.59 Å². The van der Waals surface area contributed by atoms with Crippen LogP contribution in [0.15, 0.2) is 47.4 Å². The summed E-state index contributed by atoms with van der Waals surface area (Å²) < 4.78 is 0. The maximum atomic E-state index is 12.5.